The Morgan fingerprint density at radius 1 is 1.50 bits per heavy atom. The van der Waals surface area contributed by atoms with E-state index in [4.69, 9.17) is 5.73 Å². The average molecular weight is 190 g/mol. The van der Waals surface area contributed by atoms with E-state index in [9.17, 15) is 0 Å². The molecule has 0 saturated heterocycles. The maximum atomic E-state index is 5.74. The lowest BCUT2D eigenvalue weighted by atomic mass is 10.2. The molecule has 0 amide bonds. The molecule has 0 atom stereocenters. The number of hydrogen-bond donors (Lipinski definition) is 2. The van der Waals surface area contributed by atoms with Crippen molar-refractivity contribution in [1.29, 1.82) is 0 Å². The molecule has 1 aliphatic heterocycles. The molecule has 0 aliphatic carbocycles. The van der Waals surface area contributed by atoms with Gasteiger partial charge in [-0.05, 0) is 25.1 Å². The maximum absolute atomic E-state index is 5.74. The van der Waals surface area contributed by atoms with Gasteiger partial charge in [-0.1, -0.05) is 6.58 Å². The number of hydrazine groups is 2. The number of nitrogens with zero attached hydrogens (tertiary/aromatic N) is 2. The van der Waals surface area contributed by atoms with E-state index in [1.54, 1.807) is 0 Å². The molecular weight excluding hydrogens is 176 g/mol. The number of nitrogens with two attached hydrogens (primary N) is 1. The van der Waals surface area contributed by atoms with Gasteiger partial charge in [0, 0.05) is 18.4 Å². The smallest absolute Gasteiger partial charge is 0.0859 e. The van der Waals surface area contributed by atoms with E-state index in [1.165, 1.54) is 0 Å². The van der Waals surface area contributed by atoms with Crippen molar-refractivity contribution in [3.63, 3.8) is 0 Å². The molecule has 0 fully saturated rings. The van der Waals surface area contributed by atoms with Crippen LogP contribution in [0.1, 0.15) is 6.92 Å². The van der Waals surface area contributed by atoms with Crippen LogP contribution in [0.15, 0.2) is 30.5 Å². The van der Waals surface area contributed by atoms with Gasteiger partial charge < -0.3 is 5.73 Å². The zero-order valence-electron chi connectivity index (χ0n) is 8.41. The Morgan fingerprint density at radius 3 is 2.86 bits per heavy atom. The van der Waals surface area contributed by atoms with Crippen molar-refractivity contribution < 1.29 is 0 Å². The van der Waals surface area contributed by atoms with Gasteiger partial charge in [0.25, 0.3) is 0 Å². The zero-order valence-corrected chi connectivity index (χ0v) is 8.41. The molecule has 4 nitrogen and oxygen atoms in total. The van der Waals surface area contributed by atoms with Gasteiger partial charge in [-0.25, -0.2) is 0 Å². The summed E-state index contributed by atoms with van der Waals surface area (Å²) in [6, 6.07) is 5.77. The third-order valence-electron chi connectivity index (χ3n) is 2.19. The summed E-state index contributed by atoms with van der Waals surface area (Å²) in [5, 5.41) is 3.86. The topological polar surface area (TPSA) is 44.5 Å². The van der Waals surface area contributed by atoms with E-state index >= 15 is 0 Å². The lowest BCUT2D eigenvalue weighted by Crippen LogP contribution is -2.36. The van der Waals surface area contributed by atoms with Crippen LogP contribution in [0.3, 0.4) is 0 Å². The van der Waals surface area contributed by atoms with Crippen LogP contribution in [0.25, 0.3) is 0 Å². The first-order chi connectivity index (χ1) is 6.59. The Hall–Kier alpha value is -1.68. The Bertz CT molecular complexity index is 386. The van der Waals surface area contributed by atoms with Crippen molar-refractivity contribution >= 4 is 17.1 Å². The van der Waals surface area contributed by atoms with Gasteiger partial charge in [0.05, 0.1) is 11.4 Å². The van der Waals surface area contributed by atoms with E-state index in [0.717, 1.165) is 22.8 Å². The molecule has 1 aromatic rings. The van der Waals surface area contributed by atoms with Crippen molar-refractivity contribution in [3.8, 4) is 0 Å². The molecule has 0 radical (unpaired) electrons. The predicted molar refractivity (Wildman–Crippen MR) is 59.5 cm³/mol. The molecule has 0 bridgehead atoms. The summed E-state index contributed by atoms with van der Waals surface area (Å²) < 4.78 is 0. The number of nitrogen functional groups attached to an aromatic ring is 1. The monoisotopic (exact) mass is 190 g/mol. The molecule has 1 aromatic carbocycles. The summed E-state index contributed by atoms with van der Waals surface area (Å²) in [6.45, 7) is 5.87. The van der Waals surface area contributed by atoms with Crippen LogP contribution in [0, 0.1) is 0 Å². The van der Waals surface area contributed by atoms with E-state index in [-0.39, 0.29) is 0 Å². The summed E-state index contributed by atoms with van der Waals surface area (Å²) in [5.41, 5.74) is 12.7. The molecule has 0 spiro atoms. The highest BCUT2D eigenvalue weighted by Crippen LogP contribution is 2.36. The molecule has 0 aromatic heterocycles. The lowest BCUT2D eigenvalue weighted by molar-refractivity contribution is 0.416. The van der Waals surface area contributed by atoms with Gasteiger partial charge >= 0.3 is 0 Å². The number of fused-ring (bicyclic) bond motifs is 1. The fourth-order valence-electron chi connectivity index (χ4n) is 1.67. The highest BCUT2D eigenvalue weighted by Gasteiger charge is 2.24. The second-order valence-electron chi connectivity index (χ2n) is 3.46. The maximum Gasteiger partial charge on any atom is 0.0859 e. The number of anilines is 3. The third kappa shape index (κ3) is 1.20. The minimum Gasteiger partial charge on any atom is -0.399 e. The molecule has 2 rings (SSSR count). The zero-order chi connectivity index (χ0) is 10.3. The normalized spacial score (nSPS) is 15.1. The molecule has 74 valence electrons. The predicted octanol–water partition coefficient (Wildman–Crippen LogP) is 1.80. The largest absolute Gasteiger partial charge is 0.399 e. The Kier molecular flexibility index (Phi) is 1.86. The fraction of sp³-hybridized carbons (Fsp3) is 0.200. The Morgan fingerprint density at radius 2 is 2.21 bits per heavy atom. The van der Waals surface area contributed by atoms with Crippen molar-refractivity contribution in [2.24, 2.45) is 0 Å². The average Bonchev–Trinajstić information content (AvgIpc) is 2.40. The van der Waals surface area contributed by atoms with E-state index < -0.39 is 0 Å². The summed E-state index contributed by atoms with van der Waals surface area (Å²) in [6.07, 6.45) is 0. The minimum atomic E-state index is 0.757. The summed E-state index contributed by atoms with van der Waals surface area (Å²) in [4.78, 5) is 0. The molecule has 4 heteroatoms. The fourth-order valence-corrected chi connectivity index (χ4v) is 1.67. The second-order valence-corrected chi connectivity index (χ2v) is 3.46. The SMILES string of the molecule is C=C(C)N1c2cc(N)ccc2NN1C. The molecule has 1 aliphatic rings. The van der Waals surface area contributed by atoms with Gasteiger partial charge in [0.15, 0.2) is 0 Å². The second kappa shape index (κ2) is 2.92. The highest BCUT2D eigenvalue weighted by molar-refractivity contribution is 5.78. The van der Waals surface area contributed by atoms with Gasteiger partial charge in [0.1, 0.15) is 0 Å². The quantitative estimate of drug-likeness (QED) is 0.663. The first kappa shape index (κ1) is 8.90. The summed E-state index contributed by atoms with van der Waals surface area (Å²) in [7, 11) is 1.94. The van der Waals surface area contributed by atoms with Gasteiger partial charge in [-0.2, -0.15) is 0 Å². The number of hydrogen-bond acceptors (Lipinski definition) is 4. The van der Waals surface area contributed by atoms with Crippen LogP contribution in [0.5, 0.6) is 0 Å². The van der Waals surface area contributed by atoms with E-state index in [1.807, 2.05) is 42.3 Å². The van der Waals surface area contributed by atoms with Gasteiger partial charge in [-0.15, -0.1) is 5.12 Å². The highest BCUT2D eigenvalue weighted by atomic mass is 15.8. The van der Waals surface area contributed by atoms with Crippen molar-refractivity contribution in [3.05, 3.63) is 30.5 Å². The standard InChI is InChI=1S/C10H14N4/c1-7(2)14-10-6-8(11)4-5-9(10)12-13(14)3/h4-6,12H,1,11H2,2-3H3. The molecule has 0 saturated carbocycles. The van der Waals surface area contributed by atoms with Gasteiger partial charge in [0.2, 0.25) is 0 Å². The van der Waals surface area contributed by atoms with Crippen molar-refractivity contribution in [1.82, 2.24) is 5.12 Å². The van der Waals surface area contributed by atoms with Crippen molar-refractivity contribution in [2.45, 2.75) is 6.92 Å². The van der Waals surface area contributed by atoms with Gasteiger partial charge in [-0.3, -0.25) is 10.4 Å². The van der Waals surface area contributed by atoms with Crippen molar-refractivity contribution in [2.75, 3.05) is 23.2 Å². The van der Waals surface area contributed by atoms with Crippen LogP contribution >= 0.6 is 0 Å². The molecule has 3 N–H and O–H groups in total. The first-order valence-corrected chi connectivity index (χ1v) is 4.45. The first-order valence-electron chi connectivity index (χ1n) is 4.45. The lowest BCUT2D eigenvalue weighted by Gasteiger charge is -2.25. The van der Waals surface area contributed by atoms with Crippen LogP contribution in [-0.2, 0) is 0 Å². The Balaban J connectivity index is 2.49. The molecule has 1 heterocycles. The van der Waals surface area contributed by atoms with Crippen LogP contribution in [0.4, 0.5) is 17.1 Å². The number of benzene rings is 1. The summed E-state index contributed by atoms with van der Waals surface area (Å²) >= 11 is 0. The number of nitrogens with one attached hydrogen (secondary N) is 1. The van der Waals surface area contributed by atoms with Crippen LogP contribution in [0.2, 0.25) is 0 Å². The molecular formula is C10H14N4. The molecule has 14 heavy (non-hydrogen) atoms. The third-order valence-corrected chi connectivity index (χ3v) is 2.19. The number of rotatable bonds is 1. The van der Waals surface area contributed by atoms with E-state index in [0.29, 0.717) is 0 Å². The summed E-state index contributed by atoms with van der Waals surface area (Å²) in [5.74, 6) is 0. The van der Waals surface area contributed by atoms with E-state index in [2.05, 4.69) is 12.0 Å². The number of allylic oxidation sites excluding steroid dienone is 1. The minimum absolute atomic E-state index is 0.757. The Labute approximate surface area is 83.5 Å². The van der Waals surface area contributed by atoms with Crippen LogP contribution in [-0.4, -0.2) is 12.2 Å². The molecule has 0 unspecified atom stereocenters. The van der Waals surface area contributed by atoms with Crippen LogP contribution < -0.4 is 16.2 Å².